The highest BCUT2D eigenvalue weighted by atomic mass is 16.4. The number of allylic oxidation sites excluding steroid dienone is 1. The minimum absolute atomic E-state index is 0.286. The lowest BCUT2D eigenvalue weighted by Crippen LogP contribution is -2.28. The fraction of sp³-hybridized carbons (Fsp3) is 0.778. The van der Waals surface area contributed by atoms with E-state index in [9.17, 15) is 19.8 Å². The molecule has 1 atom stereocenters. The number of carboxylic acid groups (broad SMARTS) is 2. The van der Waals surface area contributed by atoms with E-state index in [0.717, 1.165) is 51.4 Å². The smallest absolute Gasteiger partial charge is 0.343 e. The molecule has 0 amide bonds. The monoisotopic (exact) mass is 312 g/mol. The second-order valence-electron chi connectivity index (χ2n) is 6.01. The topological polar surface area (TPSA) is 74.6 Å². The first kappa shape index (κ1) is 20.7. The Morgan fingerprint density at radius 3 is 1.68 bits per heavy atom. The van der Waals surface area contributed by atoms with Crippen molar-refractivity contribution in [1.82, 2.24) is 0 Å². The fourth-order valence-corrected chi connectivity index (χ4v) is 3.39. The molecule has 0 spiro atoms. The van der Waals surface area contributed by atoms with Crippen molar-refractivity contribution in [2.75, 3.05) is 0 Å². The maximum absolute atomic E-state index is 11.5. The van der Waals surface area contributed by atoms with Crippen molar-refractivity contribution in [1.29, 1.82) is 0 Å². The Morgan fingerprint density at radius 1 is 0.818 bits per heavy atom. The molecule has 0 rings (SSSR count). The number of unbranched alkanes of at least 4 members (excludes halogenated alkanes) is 3. The molecule has 0 aliphatic carbocycles. The van der Waals surface area contributed by atoms with Gasteiger partial charge in [0.1, 0.15) is 5.57 Å². The third kappa shape index (κ3) is 5.47. The highest BCUT2D eigenvalue weighted by Gasteiger charge is 2.36. The molecule has 128 valence electrons. The molecular formula is C18H32O4. The lowest BCUT2D eigenvalue weighted by atomic mass is 9.68. The summed E-state index contributed by atoms with van der Waals surface area (Å²) in [6, 6.07) is 0. The Kier molecular flexibility index (Phi) is 9.79. The highest BCUT2D eigenvalue weighted by molar-refractivity contribution is 6.13. The van der Waals surface area contributed by atoms with Crippen molar-refractivity contribution in [2.45, 2.75) is 85.5 Å². The van der Waals surface area contributed by atoms with Crippen LogP contribution in [0.2, 0.25) is 0 Å². The minimum atomic E-state index is -1.31. The molecular weight excluding hydrogens is 280 g/mol. The van der Waals surface area contributed by atoms with Crippen molar-refractivity contribution < 1.29 is 19.8 Å². The van der Waals surface area contributed by atoms with E-state index >= 15 is 0 Å². The standard InChI is InChI=1S/C18H32O4/c1-5-9-11-13-18(8-4,12-10-6-2)14(7-3)15(16(19)20)17(21)22/h5-13H2,1-4H3,(H,19,20)(H,21,22). The molecule has 2 N–H and O–H groups in total. The van der Waals surface area contributed by atoms with Crippen LogP contribution in [-0.4, -0.2) is 22.2 Å². The van der Waals surface area contributed by atoms with Crippen molar-refractivity contribution in [2.24, 2.45) is 5.41 Å². The molecule has 0 fully saturated rings. The van der Waals surface area contributed by atoms with Crippen LogP contribution in [0.25, 0.3) is 0 Å². The van der Waals surface area contributed by atoms with Gasteiger partial charge in [-0.05, 0) is 36.7 Å². The van der Waals surface area contributed by atoms with Gasteiger partial charge in [0, 0.05) is 0 Å². The first-order valence-corrected chi connectivity index (χ1v) is 8.60. The van der Waals surface area contributed by atoms with Crippen LogP contribution in [0.5, 0.6) is 0 Å². The molecule has 0 saturated carbocycles. The molecule has 4 nitrogen and oxygen atoms in total. The van der Waals surface area contributed by atoms with Gasteiger partial charge in [0.2, 0.25) is 0 Å². The van der Waals surface area contributed by atoms with Crippen molar-refractivity contribution in [3.8, 4) is 0 Å². The summed E-state index contributed by atoms with van der Waals surface area (Å²) in [6.45, 7) is 8.17. The zero-order valence-corrected chi connectivity index (χ0v) is 14.6. The largest absolute Gasteiger partial charge is 0.477 e. The van der Waals surface area contributed by atoms with Gasteiger partial charge in [0.25, 0.3) is 0 Å². The molecule has 0 bridgehead atoms. The summed E-state index contributed by atoms with van der Waals surface area (Å²) >= 11 is 0. The van der Waals surface area contributed by atoms with Crippen LogP contribution in [-0.2, 0) is 9.59 Å². The second-order valence-corrected chi connectivity index (χ2v) is 6.01. The Hall–Kier alpha value is -1.32. The number of hydrogen-bond donors (Lipinski definition) is 2. The van der Waals surface area contributed by atoms with Gasteiger partial charge >= 0.3 is 11.9 Å². The van der Waals surface area contributed by atoms with Gasteiger partial charge in [-0.3, -0.25) is 0 Å². The van der Waals surface area contributed by atoms with E-state index in [1.165, 1.54) is 0 Å². The molecule has 0 saturated heterocycles. The van der Waals surface area contributed by atoms with Gasteiger partial charge in [0.05, 0.1) is 0 Å². The summed E-state index contributed by atoms with van der Waals surface area (Å²) in [4.78, 5) is 22.9. The van der Waals surface area contributed by atoms with Crippen LogP contribution in [0.3, 0.4) is 0 Å². The van der Waals surface area contributed by atoms with Crippen LogP contribution < -0.4 is 0 Å². The summed E-state index contributed by atoms with van der Waals surface area (Å²) < 4.78 is 0. The van der Waals surface area contributed by atoms with Gasteiger partial charge < -0.3 is 10.2 Å². The average Bonchev–Trinajstić information content (AvgIpc) is 2.48. The summed E-state index contributed by atoms with van der Waals surface area (Å²) in [5.41, 5.74) is -0.0667. The van der Waals surface area contributed by atoms with Crippen LogP contribution in [0.15, 0.2) is 11.1 Å². The molecule has 0 aromatic carbocycles. The Balaban J connectivity index is 5.88. The maximum atomic E-state index is 11.5. The lowest BCUT2D eigenvalue weighted by molar-refractivity contribution is -0.140. The lowest BCUT2D eigenvalue weighted by Gasteiger charge is -2.36. The first-order valence-electron chi connectivity index (χ1n) is 8.60. The van der Waals surface area contributed by atoms with E-state index in [1.54, 1.807) is 0 Å². The summed E-state index contributed by atoms with van der Waals surface area (Å²) in [5, 5.41) is 18.7. The SMILES string of the molecule is CCCCCC(CC)(CCCC)C(CC)=C(C(=O)O)C(=O)O. The number of rotatable bonds is 12. The van der Waals surface area contributed by atoms with Crippen LogP contribution in [0, 0.1) is 5.41 Å². The summed E-state index contributed by atoms with van der Waals surface area (Å²) in [5.74, 6) is -2.62. The van der Waals surface area contributed by atoms with E-state index in [1.807, 2.05) is 6.92 Å². The third-order valence-corrected chi connectivity index (χ3v) is 4.67. The molecule has 0 aromatic rings. The van der Waals surface area contributed by atoms with Crippen LogP contribution in [0.4, 0.5) is 0 Å². The summed E-state index contributed by atoms with van der Waals surface area (Å²) in [6.07, 6.45) is 8.27. The van der Waals surface area contributed by atoms with Crippen LogP contribution >= 0.6 is 0 Å². The normalized spacial score (nSPS) is 13.5. The van der Waals surface area contributed by atoms with Crippen molar-refractivity contribution in [3.63, 3.8) is 0 Å². The fourth-order valence-electron chi connectivity index (χ4n) is 3.39. The average molecular weight is 312 g/mol. The van der Waals surface area contributed by atoms with E-state index in [-0.39, 0.29) is 5.41 Å². The molecule has 0 aromatic heterocycles. The number of hydrogen-bond acceptors (Lipinski definition) is 2. The minimum Gasteiger partial charge on any atom is -0.477 e. The third-order valence-electron chi connectivity index (χ3n) is 4.67. The van der Waals surface area contributed by atoms with Gasteiger partial charge in [-0.1, -0.05) is 59.8 Å². The first-order chi connectivity index (χ1) is 10.4. The molecule has 1 unspecified atom stereocenters. The van der Waals surface area contributed by atoms with Gasteiger partial charge in [-0.15, -0.1) is 0 Å². The Morgan fingerprint density at radius 2 is 1.32 bits per heavy atom. The number of aliphatic carboxylic acids is 2. The second kappa shape index (κ2) is 10.4. The zero-order chi connectivity index (χ0) is 17.2. The molecule has 0 aliphatic rings. The van der Waals surface area contributed by atoms with Gasteiger partial charge in [0.15, 0.2) is 0 Å². The van der Waals surface area contributed by atoms with Crippen molar-refractivity contribution >= 4 is 11.9 Å². The number of carboxylic acids is 2. The Labute approximate surface area is 134 Å². The van der Waals surface area contributed by atoms with Crippen LogP contribution in [0.1, 0.15) is 85.5 Å². The van der Waals surface area contributed by atoms with E-state index in [4.69, 9.17) is 0 Å². The van der Waals surface area contributed by atoms with Crippen molar-refractivity contribution in [3.05, 3.63) is 11.1 Å². The van der Waals surface area contributed by atoms with Gasteiger partial charge in [-0.2, -0.15) is 0 Å². The molecule has 4 heteroatoms. The Bertz CT molecular complexity index is 382. The zero-order valence-electron chi connectivity index (χ0n) is 14.6. The summed E-state index contributed by atoms with van der Waals surface area (Å²) in [7, 11) is 0. The van der Waals surface area contributed by atoms with E-state index < -0.39 is 17.5 Å². The molecule has 0 heterocycles. The quantitative estimate of drug-likeness (QED) is 0.229. The number of carbonyl (C=O) groups is 2. The predicted molar refractivity (Wildman–Crippen MR) is 89.0 cm³/mol. The predicted octanol–water partition coefficient (Wildman–Crippen LogP) is 5.03. The maximum Gasteiger partial charge on any atom is 0.343 e. The van der Waals surface area contributed by atoms with Gasteiger partial charge in [-0.25, -0.2) is 9.59 Å². The highest BCUT2D eigenvalue weighted by Crippen LogP contribution is 2.44. The molecule has 0 radical (unpaired) electrons. The van der Waals surface area contributed by atoms with E-state index in [0.29, 0.717) is 12.0 Å². The van der Waals surface area contributed by atoms with E-state index in [2.05, 4.69) is 20.8 Å². The molecule has 22 heavy (non-hydrogen) atoms. The molecule has 0 aliphatic heterocycles.